The molecule has 1 aromatic heterocycles. The van der Waals surface area contributed by atoms with E-state index in [2.05, 4.69) is 37.9 Å². The highest BCUT2D eigenvalue weighted by atomic mass is 79.9. The van der Waals surface area contributed by atoms with E-state index in [0.717, 1.165) is 31.9 Å². The molecule has 0 spiro atoms. The zero-order valence-corrected chi connectivity index (χ0v) is 12.6. The van der Waals surface area contributed by atoms with Crippen LogP contribution < -0.4 is 10.5 Å². The van der Waals surface area contributed by atoms with E-state index in [1.807, 2.05) is 0 Å². The number of likely N-dealkylation sites (N-methyl/N-ethyl adjacent to an activating group) is 1. The molecule has 1 aliphatic heterocycles. The van der Waals surface area contributed by atoms with Crippen molar-refractivity contribution < 1.29 is 5.11 Å². The third kappa shape index (κ3) is 3.77. The van der Waals surface area contributed by atoms with Gasteiger partial charge in [-0.25, -0.2) is 4.68 Å². The van der Waals surface area contributed by atoms with Crippen molar-refractivity contribution in [2.45, 2.75) is 12.6 Å². The zero-order chi connectivity index (χ0) is 13.8. The molecule has 0 radical (unpaired) electrons. The molecule has 1 aromatic rings. The first-order valence-corrected chi connectivity index (χ1v) is 7.47. The largest absolute Gasteiger partial charge is 0.390 e. The molecule has 1 aliphatic rings. The highest BCUT2D eigenvalue weighted by Gasteiger charge is 2.15. The number of halogens is 1. The molecule has 1 unspecified atom stereocenters. The molecule has 1 atom stereocenters. The summed E-state index contributed by atoms with van der Waals surface area (Å²) in [6.45, 7) is 4.02. The van der Waals surface area contributed by atoms with Gasteiger partial charge in [0.2, 0.25) is 0 Å². The van der Waals surface area contributed by atoms with E-state index in [0.29, 0.717) is 5.33 Å². The second kappa shape index (κ2) is 6.49. The molecule has 0 saturated carbocycles. The number of nitrogens with zero attached hydrogens (tertiary/aromatic N) is 4. The van der Waals surface area contributed by atoms with E-state index < -0.39 is 6.10 Å². The normalized spacial score (nSPS) is 18.6. The third-order valence-corrected chi connectivity index (χ3v) is 4.03. The molecule has 2 heterocycles. The molecule has 2 rings (SSSR count). The van der Waals surface area contributed by atoms with E-state index in [1.54, 1.807) is 12.3 Å². The minimum absolute atomic E-state index is 0.170. The Morgan fingerprint density at radius 1 is 1.42 bits per heavy atom. The van der Waals surface area contributed by atoms with Crippen molar-refractivity contribution in [3.05, 3.63) is 22.6 Å². The standard InChI is InChI=1S/C12H19BrN4O2/c1-15-2-4-16(5-3-15)10-6-12(19)17(14-8-10)9-11(18)7-13/h6,8,11,18H,2-5,7,9H2,1H3. The van der Waals surface area contributed by atoms with Crippen LogP contribution in [0.4, 0.5) is 5.69 Å². The Morgan fingerprint density at radius 3 is 2.68 bits per heavy atom. The van der Waals surface area contributed by atoms with Gasteiger partial charge in [-0.2, -0.15) is 5.10 Å². The van der Waals surface area contributed by atoms with E-state index in [4.69, 9.17) is 0 Å². The Balaban J connectivity index is 2.08. The minimum atomic E-state index is -0.598. The lowest BCUT2D eigenvalue weighted by atomic mass is 10.3. The maximum Gasteiger partial charge on any atom is 0.268 e. The first-order chi connectivity index (χ1) is 9.10. The number of anilines is 1. The van der Waals surface area contributed by atoms with Crippen molar-refractivity contribution in [2.75, 3.05) is 43.5 Å². The maximum absolute atomic E-state index is 11.9. The molecule has 7 heteroatoms. The molecule has 6 nitrogen and oxygen atoms in total. The van der Waals surface area contributed by atoms with E-state index in [-0.39, 0.29) is 12.1 Å². The average Bonchev–Trinajstić information content (AvgIpc) is 2.41. The molecule has 0 bridgehead atoms. The number of aliphatic hydroxyl groups excluding tert-OH is 1. The Labute approximate surface area is 120 Å². The molecule has 1 fully saturated rings. The van der Waals surface area contributed by atoms with Crippen molar-refractivity contribution in [1.29, 1.82) is 0 Å². The molecule has 0 aromatic carbocycles. The number of aliphatic hydroxyl groups is 1. The van der Waals surface area contributed by atoms with Crippen molar-refractivity contribution in [1.82, 2.24) is 14.7 Å². The second-order valence-electron chi connectivity index (χ2n) is 4.83. The Kier molecular flexibility index (Phi) is 4.95. The van der Waals surface area contributed by atoms with Gasteiger partial charge in [-0.3, -0.25) is 4.79 Å². The average molecular weight is 331 g/mol. The summed E-state index contributed by atoms with van der Waals surface area (Å²) in [6, 6.07) is 1.60. The van der Waals surface area contributed by atoms with Crippen molar-refractivity contribution in [3.63, 3.8) is 0 Å². The van der Waals surface area contributed by atoms with Gasteiger partial charge in [0.05, 0.1) is 24.5 Å². The number of alkyl halides is 1. The Morgan fingerprint density at radius 2 is 2.11 bits per heavy atom. The molecular formula is C12H19BrN4O2. The SMILES string of the molecule is CN1CCN(c2cnn(CC(O)CBr)c(=O)c2)CC1. The fourth-order valence-corrected chi connectivity index (χ4v) is 2.25. The van der Waals surface area contributed by atoms with Crippen LogP contribution in [-0.4, -0.2) is 64.4 Å². The van der Waals surface area contributed by atoms with E-state index in [1.165, 1.54) is 4.68 Å². The van der Waals surface area contributed by atoms with Crippen molar-refractivity contribution in [3.8, 4) is 0 Å². The minimum Gasteiger partial charge on any atom is -0.390 e. The van der Waals surface area contributed by atoms with Crippen LogP contribution in [-0.2, 0) is 6.54 Å². The maximum atomic E-state index is 11.9. The van der Waals surface area contributed by atoms with Crippen LogP contribution in [0.5, 0.6) is 0 Å². The van der Waals surface area contributed by atoms with Crippen LogP contribution in [0.3, 0.4) is 0 Å². The number of rotatable bonds is 4. The summed E-state index contributed by atoms with van der Waals surface area (Å²) in [5, 5.41) is 14.1. The fourth-order valence-electron chi connectivity index (χ4n) is 2.05. The summed E-state index contributed by atoms with van der Waals surface area (Å²) < 4.78 is 1.30. The van der Waals surface area contributed by atoms with Gasteiger partial charge in [-0.15, -0.1) is 0 Å². The fraction of sp³-hybridized carbons (Fsp3) is 0.667. The number of piperazine rings is 1. The third-order valence-electron chi connectivity index (χ3n) is 3.29. The van der Waals surface area contributed by atoms with Gasteiger partial charge in [0.1, 0.15) is 0 Å². The van der Waals surface area contributed by atoms with Gasteiger partial charge >= 0.3 is 0 Å². The molecule has 1 N–H and O–H groups in total. The first kappa shape index (κ1) is 14.5. The quantitative estimate of drug-likeness (QED) is 0.771. The number of aromatic nitrogens is 2. The Hall–Kier alpha value is -0.920. The highest BCUT2D eigenvalue weighted by molar-refractivity contribution is 9.09. The molecular weight excluding hydrogens is 312 g/mol. The lowest BCUT2D eigenvalue weighted by Gasteiger charge is -2.33. The lowest BCUT2D eigenvalue weighted by molar-refractivity contribution is 0.172. The molecule has 1 saturated heterocycles. The van der Waals surface area contributed by atoms with Crippen LogP contribution in [0.25, 0.3) is 0 Å². The predicted octanol–water partition coefficient (Wildman–Crippen LogP) is -0.249. The summed E-state index contributed by atoms with van der Waals surface area (Å²) in [4.78, 5) is 16.4. The lowest BCUT2D eigenvalue weighted by Crippen LogP contribution is -2.45. The van der Waals surface area contributed by atoms with Crippen LogP contribution in [0, 0.1) is 0 Å². The molecule has 106 valence electrons. The summed E-state index contributed by atoms with van der Waals surface area (Å²) in [5.74, 6) is 0. The van der Waals surface area contributed by atoms with Crippen LogP contribution in [0.2, 0.25) is 0 Å². The summed E-state index contributed by atoms with van der Waals surface area (Å²) in [6.07, 6.45) is 1.10. The molecule has 19 heavy (non-hydrogen) atoms. The van der Waals surface area contributed by atoms with Gasteiger partial charge in [0.25, 0.3) is 5.56 Å². The molecule has 0 aliphatic carbocycles. The highest BCUT2D eigenvalue weighted by Crippen LogP contribution is 2.12. The number of hydrogen-bond acceptors (Lipinski definition) is 5. The second-order valence-corrected chi connectivity index (χ2v) is 5.48. The summed E-state index contributed by atoms with van der Waals surface area (Å²) in [5.41, 5.74) is 0.694. The van der Waals surface area contributed by atoms with E-state index in [9.17, 15) is 9.90 Å². The summed E-state index contributed by atoms with van der Waals surface area (Å²) >= 11 is 3.17. The monoisotopic (exact) mass is 330 g/mol. The van der Waals surface area contributed by atoms with Gasteiger partial charge in [0.15, 0.2) is 0 Å². The van der Waals surface area contributed by atoms with Crippen LogP contribution >= 0.6 is 15.9 Å². The summed E-state index contributed by atoms with van der Waals surface area (Å²) in [7, 11) is 2.09. The van der Waals surface area contributed by atoms with Gasteiger partial charge in [-0.1, -0.05) is 15.9 Å². The molecule has 0 amide bonds. The predicted molar refractivity (Wildman–Crippen MR) is 78.0 cm³/mol. The van der Waals surface area contributed by atoms with Gasteiger partial charge < -0.3 is 14.9 Å². The van der Waals surface area contributed by atoms with E-state index >= 15 is 0 Å². The van der Waals surface area contributed by atoms with Crippen molar-refractivity contribution in [2.24, 2.45) is 0 Å². The van der Waals surface area contributed by atoms with Crippen molar-refractivity contribution >= 4 is 21.6 Å². The first-order valence-electron chi connectivity index (χ1n) is 6.35. The van der Waals surface area contributed by atoms with Crippen LogP contribution in [0.15, 0.2) is 17.1 Å². The number of hydrogen-bond donors (Lipinski definition) is 1. The zero-order valence-electron chi connectivity index (χ0n) is 11.0. The van der Waals surface area contributed by atoms with Gasteiger partial charge in [0, 0.05) is 37.6 Å². The Bertz CT molecular complexity index is 471. The topological polar surface area (TPSA) is 61.6 Å². The smallest absolute Gasteiger partial charge is 0.268 e. The van der Waals surface area contributed by atoms with Gasteiger partial charge in [-0.05, 0) is 7.05 Å². The van der Waals surface area contributed by atoms with Crippen LogP contribution in [0.1, 0.15) is 0 Å².